The normalized spacial score (nSPS) is 21.6. The van der Waals surface area contributed by atoms with Crippen LogP contribution in [0, 0.1) is 5.82 Å². The summed E-state index contributed by atoms with van der Waals surface area (Å²) in [5, 5.41) is 2.84. The van der Waals surface area contributed by atoms with E-state index in [1.54, 1.807) is 7.05 Å². The number of hydrogen-bond acceptors (Lipinski definition) is 4. The van der Waals surface area contributed by atoms with Gasteiger partial charge in [-0.2, -0.15) is 4.31 Å². The lowest BCUT2D eigenvalue weighted by Gasteiger charge is -2.37. The molecule has 7 heteroatoms. The van der Waals surface area contributed by atoms with Crippen molar-refractivity contribution in [2.75, 3.05) is 33.7 Å². The number of likely N-dealkylation sites (N-methyl/N-ethyl adjacent to an activating group) is 1. The second-order valence-electron chi connectivity index (χ2n) is 5.51. The molecule has 1 aliphatic heterocycles. The van der Waals surface area contributed by atoms with Gasteiger partial charge in [-0.25, -0.2) is 12.8 Å². The van der Waals surface area contributed by atoms with E-state index in [1.165, 1.54) is 22.5 Å². The molecule has 118 valence electrons. The molecule has 1 heterocycles. The molecule has 1 atom stereocenters. The zero-order chi connectivity index (χ0) is 15.6. The summed E-state index contributed by atoms with van der Waals surface area (Å²) in [6.07, 6.45) is 0. The number of rotatable bonds is 4. The van der Waals surface area contributed by atoms with Gasteiger partial charge < -0.3 is 10.2 Å². The summed E-state index contributed by atoms with van der Waals surface area (Å²) in [6, 6.07) is 3.90. The smallest absolute Gasteiger partial charge is 0.243 e. The maximum Gasteiger partial charge on any atom is 0.243 e. The van der Waals surface area contributed by atoms with E-state index in [0.29, 0.717) is 31.7 Å². The Morgan fingerprint density at radius 3 is 2.71 bits per heavy atom. The fourth-order valence-electron chi connectivity index (χ4n) is 2.65. The molecule has 2 rings (SSSR count). The van der Waals surface area contributed by atoms with E-state index < -0.39 is 15.8 Å². The number of hydrogen-bond donors (Lipinski definition) is 1. The minimum atomic E-state index is -3.58. The molecule has 5 nitrogen and oxygen atoms in total. The van der Waals surface area contributed by atoms with Crippen LogP contribution in [0.3, 0.4) is 0 Å². The van der Waals surface area contributed by atoms with Gasteiger partial charge in [0, 0.05) is 37.8 Å². The highest BCUT2D eigenvalue weighted by molar-refractivity contribution is 7.89. The molecule has 0 saturated carbocycles. The number of benzene rings is 1. The molecule has 1 aliphatic rings. The highest BCUT2D eigenvalue weighted by atomic mass is 32.2. The van der Waals surface area contributed by atoms with Crippen LogP contribution in [0.4, 0.5) is 4.39 Å². The van der Waals surface area contributed by atoms with Gasteiger partial charge in [0.25, 0.3) is 0 Å². The lowest BCUT2D eigenvalue weighted by atomic mass is 10.2. The minimum absolute atomic E-state index is 0.0912. The first-order valence-electron chi connectivity index (χ1n) is 6.99. The van der Waals surface area contributed by atoms with E-state index >= 15 is 0 Å². The van der Waals surface area contributed by atoms with Crippen molar-refractivity contribution >= 4 is 10.0 Å². The van der Waals surface area contributed by atoms with E-state index in [-0.39, 0.29) is 10.9 Å². The Hall–Kier alpha value is -1.02. The van der Waals surface area contributed by atoms with Crippen molar-refractivity contribution in [1.29, 1.82) is 0 Å². The third-order valence-electron chi connectivity index (χ3n) is 3.76. The van der Waals surface area contributed by atoms with Crippen LogP contribution in [0.15, 0.2) is 23.1 Å². The van der Waals surface area contributed by atoms with Crippen molar-refractivity contribution in [2.45, 2.75) is 24.4 Å². The lowest BCUT2D eigenvalue weighted by Crippen LogP contribution is -2.52. The van der Waals surface area contributed by atoms with Crippen molar-refractivity contribution in [3.05, 3.63) is 29.6 Å². The quantitative estimate of drug-likeness (QED) is 0.896. The highest BCUT2D eigenvalue weighted by Crippen LogP contribution is 2.23. The molecule has 1 fully saturated rings. The Morgan fingerprint density at radius 2 is 2.10 bits per heavy atom. The molecule has 21 heavy (non-hydrogen) atoms. The molecule has 0 aliphatic carbocycles. The van der Waals surface area contributed by atoms with Gasteiger partial charge in [0.1, 0.15) is 5.82 Å². The summed E-state index contributed by atoms with van der Waals surface area (Å²) < 4.78 is 40.6. The Morgan fingerprint density at radius 1 is 1.38 bits per heavy atom. The third kappa shape index (κ3) is 3.42. The second-order valence-corrected chi connectivity index (χ2v) is 7.40. The van der Waals surface area contributed by atoms with E-state index in [9.17, 15) is 12.8 Å². The van der Waals surface area contributed by atoms with Crippen molar-refractivity contribution < 1.29 is 12.8 Å². The summed E-state index contributed by atoms with van der Waals surface area (Å²) >= 11 is 0. The van der Waals surface area contributed by atoms with E-state index in [2.05, 4.69) is 10.2 Å². The Bertz CT molecular complexity index is 606. The first-order valence-corrected chi connectivity index (χ1v) is 8.43. The molecule has 0 spiro atoms. The van der Waals surface area contributed by atoms with E-state index in [0.717, 1.165) is 0 Å². The van der Waals surface area contributed by atoms with Crippen LogP contribution in [-0.4, -0.2) is 57.4 Å². The zero-order valence-electron chi connectivity index (χ0n) is 12.6. The van der Waals surface area contributed by atoms with Crippen LogP contribution < -0.4 is 5.32 Å². The molecule has 1 aromatic carbocycles. The SMILES string of the molecule is CNCc1cc(S(=O)(=O)N2CCN(C)CC2C)ccc1F. The molecule has 0 bridgehead atoms. The molecular formula is C14H22FN3O2S. The second kappa shape index (κ2) is 6.39. The number of nitrogens with zero attached hydrogens (tertiary/aromatic N) is 2. The molecular weight excluding hydrogens is 293 g/mol. The predicted octanol–water partition coefficient (Wildman–Crippen LogP) is 0.870. The zero-order valence-corrected chi connectivity index (χ0v) is 13.5. The molecule has 0 amide bonds. The first kappa shape index (κ1) is 16.4. The van der Waals surface area contributed by atoms with E-state index in [4.69, 9.17) is 0 Å². The molecule has 1 aromatic rings. The largest absolute Gasteiger partial charge is 0.316 e. The number of sulfonamides is 1. The summed E-state index contributed by atoms with van der Waals surface area (Å²) in [5.41, 5.74) is 0.361. The van der Waals surface area contributed by atoms with Crippen molar-refractivity contribution in [3.63, 3.8) is 0 Å². The van der Waals surface area contributed by atoms with Crippen molar-refractivity contribution in [3.8, 4) is 0 Å². The van der Waals surface area contributed by atoms with Gasteiger partial charge in [-0.3, -0.25) is 0 Å². The first-order chi connectivity index (χ1) is 9.86. The maximum absolute atomic E-state index is 13.7. The maximum atomic E-state index is 13.7. The Balaban J connectivity index is 2.33. The van der Waals surface area contributed by atoms with E-state index in [1.807, 2.05) is 14.0 Å². The summed E-state index contributed by atoms with van der Waals surface area (Å²) in [7, 11) is 0.0931. The molecule has 1 unspecified atom stereocenters. The molecule has 1 saturated heterocycles. The molecule has 0 aromatic heterocycles. The standard InChI is InChI=1S/C14H22FN3O2S/c1-11-10-17(3)6-7-18(11)21(19,20)13-4-5-14(15)12(8-13)9-16-2/h4-5,8,11,16H,6-7,9-10H2,1-3H3. The highest BCUT2D eigenvalue weighted by Gasteiger charge is 2.32. The number of halogens is 1. The van der Waals surface area contributed by atoms with Crippen molar-refractivity contribution in [2.24, 2.45) is 0 Å². The van der Waals surface area contributed by atoms with Crippen LogP contribution in [0.5, 0.6) is 0 Å². The van der Waals surface area contributed by atoms with Gasteiger partial charge in [-0.05, 0) is 39.2 Å². The van der Waals surface area contributed by atoms with Gasteiger partial charge in [0.15, 0.2) is 0 Å². The topological polar surface area (TPSA) is 52.7 Å². The van der Waals surface area contributed by atoms with Crippen LogP contribution in [0.25, 0.3) is 0 Å². The summed E-state index contributed by atoms with van der Waals surface area (Å²) in [6.45, 7) is 4.05. The monoisotopic (exact) mass is 315 g/mol. The van der Waals surface area contributed by atoms with Gasteiger partial charge >= 0.3 is 0 Å². The summed E-state index contributed by atoms with van der Waals surface area (Å²) in [5.74, 6) is -0.394. The fourth-order valence-corrected chi connectivity index (χ4v) is 4.32. The molecule has 0 radical (unpaired) electrons. The Labute approximate surface area is 125 Å². The third-order valence-corrected chi connectivity index (χ3v) is 5.77. The van der Waals surface area contributed by atoms with Gasteiger partial charge in [-0.1, -0.05) is 0 Å². The lowest BCUT2D eigenvalue weighted by molar-refractivity contribution is 0.170. The molecule has 1 N–H and O–H groups in total. The number of nitrogens with one attached hydrogen (secondary N) is 1. The average molecular weight is 315 g/mol. The van der Waals surface area contributed by atoms with Crippen molar-refractivity contribution in [1.82, 2.24) is 14.5 Å². The fraction of sp³-hybridized carbons (Fsp3) is 0.571. The van der Waals surface area contributed by atoms with Gasteiger partial charge in [0.05, 0.1) is 4.90 Å². The minimum Gasteiger partial charge on any atom is -0.316 e. The van der Waals surface area contributed by atoms with Crippen LogP contribution in [0.2, 0.25) is 0 Å². The Kier molecular flexibility index (Phi) is 4.98. The summed E-state index contributed by atoms with van der Waals surface area (Å²) in [4.78, 5) is 2.26. The van der Waals surface area contributed by atoms with Crippen LogP contribution >= 0.6 is 0 Å². The van der Waals surface area contributed by atoms with Gasteiger partial charge in [0.2, 0.25) is 10.0 Å². The number of piperazine rings is 1. The van der Waals surface area contributed by atoms with Gasteiger partial charge in [-0.15, -0.1) is 0 Å². The van der Waals surface area contributed by atoms with Crippen LogP contribution in [0.1, 0.15) is 12.5 Å². The van der Waals surface area contributed by atoms with Crippen LogP contribution in [-0.2, 0) is 16.6 Å². The average Bonchev–Trinajstić information content (AvgIpc) is 2.40. The predicted molar refractivity (Wildman–Crippen MR) is 80.0 cm³/mol.